The first-order valence-corrected chi connectivity index (χ1v) is 7.57. The Hall–Kier alpha value is -3.93. The molecule has 2 aromatic heterocycles. The zero-order chi connectivity index (χ0) is 18.8. The number of benzene rings is 1. The number of nitrogens with zero attached hydrogens (tertiary/aromatic N) is 5. The van der Waals surface area contributed by atoms with Crippen molar-refractivity contribution in [2.75, 3.05) is 5.73 Å². The fourth-order valence-electron chi connectivity index (χ4n) is 2.53. The Labute approximate surface area is 146 Å². The molecule has 0 fully saturated rings. The highest BCUT2D eigenvalue weighted by molar-refractivity contribution is 5.38. The van der Waals surface area contributed by atoms with Crippen molar-refractivity contribution in [1.29, 1.82) is 5.26 Å². The first kappa shape index (κ1) is 16.9. The van der Waals surface area contributed by atoms with Gasteiger partial charge in [0.15, 0.2) is 0 Å². The van der Waals surface area contributed by atoms with Gasteiger partial charge in [0, 0.05) is 19.3 Å². The lowest BCUT2D eigenvalue weighted by Crippen LogP contribution is -2.41. The van der Waals surface area contributed by atoms with Crippen LogP contribution in [0.15, 0.2) is 57.0 Å². The molecule has 9 nitrogen and oxygen atoms in total. The summed E-state index contributed by atoms with van der Waals surface area (Å²) in [5, 5.41) is 9.25. The standard InChI is InChI=1S/C17H14N6O3/c1-21-15(24)8-14(22-7-6-13(19)20-16(22)25)23(17(21)26)10-12-5-3-2-4-11(12)9-18/h2-8H,10H2,1H3,(H2,19,20,25). The SMILES string of the molecule is Cn1c(=O)cc(-n2ccc(N)nc2=O)n(Cc2ccccc2C#N)c1=O. The van der Waals surface area contributed by atoms with Crippen LogP contribution in [0.1, 0.15) is 11.1 Å². The van der Waals surface area contributed by atoms with Gasteiger partial charge in [0.05, 0.1) is 18.2 Å². The maximum atomic E-state index is 12.6. The van der Waals surface area contributed by atoms with Crippen LogP contribution in [-0.4, -0.2) is 18.7 Å². The van der Waals surface area contributed by atoms with Crippen LogP contribution in [0.5, 0.6) is 0 Å². The predicted molar refractivity (Wildman–Crippen MR) is 94.0 cm³/mol. The second-order valence-corrected chi connectivity index (χ2v) is 5.54. The van der Waals surface area contributed by atoms with Crippen LogP contribution in [0, 0.1) is 11.3 Å². The van der Waals surface area contributed by atoms with Crippen LogP contribution in [0.3, 0.4) is 0 Å². The third-order valence-corrected chi connectivity index (χ3v) is 3.92. The first-order valence-electron chi connectivity index (χ1n) is 7.57. The quantitative estimate of drug-likeness (QED) is 0.684. The van der Waals surface area contributed by atoms with Gasteiger partial charge in [-0.15, -0.1) is 0 Å². The Morgan fingerprint density at radius 3 is 2.62 bits per heavy atom. The summed E-state index contributed by atoms with van der Waals surface area (Å²) in [5.74, 6) is 0.0714. The van der Waals surface area contributed by atoms with Crippen LogP contribution >= 0.6 is 0 Å². The lowest BCUT2D eigenvalue weighted by atomic mass is 10.1. The van der Waals surface area contributed by atoms with E-state index in [0.717, 1.165) is 15.2 Å². The van der Waals surface area contributed by atoms with E-state index in [2.05, 4.69) is 11.1 Å². The molecule has 130 valence electrons. The van der Waals surface area contributed by atoms with Gasteiger partial charge in [0.1, 0.15) is 11.6 Å². The summed E-state index contributed by atoms with van der Waals surface area (Å²) in [6.07, 6.45) is 1.34. The number of rotatable bonds is 3. The molecule has 0 radical (unpaired) electrons. The summed E-state index contributed by atoms with van der Waals surface area (Å²) >= 11 is 0. The highest BCUT2D eigenvalue weighted by Gasteiger charge is 2.14. The molecule has 0 unspecified atom stereocenters. The van der Waals surface area contributed by atoms with Gasteiger partial charge in [-0.25, -0.2) is 9.59 Å². The normalized spacial score (nSPS) is 10.5. The van der Waals surface area contributed by atoms with Crippen molar-refractivity contribution >= 4 is 5.82 Å². The van der Waals surface area contributed by atoms with E-state index in [1.54, 1.807) is 24.3 Å². The van der Waals surface area contributed by atoms with E-state index in [4.69, 9.17) is 5.73 Å². The molecule has 0 saturated carbocycles. The lowest BCUT2D eigenvalue weighted by molar-refractivity contribution is 0.619. The molecule has 26 heavy (non-hydrogen) atoms. The van der Waals surface area contributed by atoms with Crippen LogP contribution in [0.2, 0.25) is 0 Å². The third-order valence-electron chi connectivity index (χ3n) is 3.92. The average molecular weight is 350 g/mol. The Bertz CT molecular complexity index is 1210. The van der Waals surface area contributed by atoms with E-state index in [-0.39, 0.29) is 18.2 Å². The minimum Gasteiger partial charge on any atom is -0.383 e. The van der Waals surface area contributed by atoms with Crippen LogP contribution in [0.25, 0.3) is 5.82 Å². The number of nitrogens with two attached hydrogens (primary N) is 1. The smallest absolute Gasteiger partial charge is 0.355 e. The van der Waals surface area contributed by atoms with Gasteiger partial charge in [-0.05, 0) is 17.7 Å². The van der Waals surface area contributed by atoms with Gasteiger partial charge in [-0.2, -0.15) is 10.2 Å². The average Bonchev–Trinajstić information content (AvgIpc) is 2.62. The zero-order valence-electron chi connectivity index (χ0n) is 13.8. The van der Waals surface area contributed by atoms with Crippen LogP contribution < -0.4 is 22.7 Å². The van der Waals surface area contributed by atoms with Crippen molar-refractivity contribution in [3.63, 3.8) is 0 Å². The van der Waals surface area contributed by atoms with Crippen molar-refractivity contribution in [3.8, 4) is 11.9 Å². The summed E-state index contributed by atoms with van der Waals surface area (Å²) in [4.78, 5) is 40.5. The van der Waals surface area contributed by atoms with Crippen LogP contribution in [0.4, 0.5) is 5.82 Å². The Balaban J connectivity index is 2.29. The molecular formula is C17H14N6O3. The zero-order valence-corrected chi connectivity index (χ0v) is 13.8. The number of nitrogen functional groups attached to an aromatic ring is 1. The number of nitriles is 1. The Kier molecular flexibility index (Phi) is 4.24. The molecule has 0 aliphatic rings. The van der Waals surface area contributed by atoms with Crippen molar-refractivity contribution in [2.24, 2.45) is 7.05 Å². The molecule has 0 bridgehead atoms. The molecule has 0 atom stereocenters. The largest absolute Gasteiger partial charge is 0.383 e. The van der Waals surface area contributed by atoms with Gasteiger partial charge in [-0.1, -0.05) is 18.2 Å². The number of anilines is 1. The lowest BCUT2D eigenvalue weighted by Gasteiger charge is -2.15. The molecule has 9 heteroatoms. The van der Waals surface area contributed by atoms with Gasteiger partial charge in [0.25, 0.3) is 5.56 Å². The fourth-order valence-corrected chi connectivity index (χ4v) is 2.53. The van der Waals surface area contributed by atoms with Crippen molar-refractivity contribution < 1.29 is 0 Å². The second-order valence-electron chi connectivity index (χ2n) is 5.54. The molecule has 0 aliphatic carbocycles. The summed E-state index contributed by atoms with van der Waals surface area (Å²) in [5.41, 5.74) is 4.55. The Morgan fingerprint density at radius 1 is 1.19 bits per heavy atom. The topological polar surface area (TPSA) is 129 Å². The molecular weight excluding hydrogens is 336 g/mol. The van der Waals surface area contributed by atoms with Crippen molar-refractivity contribution in [2.45, 2.75) is 6.54 Å². The summed E-state index contributed by atoms with van der Waals surface area (Å²) < 4.78 is 3.22. The second kappa shape index (κ2) is 6.52. The maximum Gasteiger partial charge on any atom is 0.355 e. The minimum atomic E-state index is -0.722. The molecule has 3 aromatic rings. The predicted octanol–water partition coefficient (Wildman–Crippen LogP) is -0.405. The molecule has 0 amide bonds. The molecule has 1 aromatic carbocycles. The number of hydrogen-bond acceptors (Lipinski definition) is 6. The van der Waals surface area contributed by atoms with Gasteiger partial charge in [-0.3, -0.25) is 18.5 Å². The number of aromatic nitrogens is 4. The van der Waals surface area contributed by atoms with E-state index in [9.17, 15) is 19.6 Å². The van der Waals surface area contributed by atoms with Crippen molar-refractivity contribution in [1.82, 2.24) is 18.7 Å². The molecule has 0 saturated heterocycles. The highest BCUT2D eigenvalue weighted by atomic mass is 16.2. The van der Waals surface area contributed by atoms with E-state index in [1.165, 1.54) is 23.9 Å². The molecule has 2 N–H and O–H groups in total. The molecule has 2 heterocycles. The fraction of sp³-hybridized carbons (Fsp3) is 0.118. The third kappa shape index (κ3) is 2.91. The van der Waals surface area contributed by atoms with Crippen molar-refractivity contribution in [3.05, 3.63) is 85.0 Å². The van der Waals surface area contributed by atoms with E-state index in [1.807, 2.05) is 0 Å². The van der Waals surface area contributed by atoms with E-state index in [0.29, 0.717) is 11.1 Å². The summed E-state index contributed by atoms with van der Waals surface area (Å²) in [6, 6.07) is 11.4. The highest BCUT2D eigenvalue weighted by Crippen LogP contribution is 2.11. The van der Waals surface area contributed by atoms with E-state index >= 15 is 0 Å². The molecule has 0 spiro atoms. The van der Waals surface area contributed by atoms with Gasteiger partial charge >= 0.3 is 11.4 Å². The summed E-state index contributed by atoms with van der Waals surface area (Å²) in [7, 11) is 1.34. The minimum absolute atomic E-state index is 0.00281. The van der Waals surface area contributed by atoms with Gasteiger partial charge in [0.2, 0.25) is 0 Å². The summed E-state index contributed by atoms with van der Waals surface area (Å²) in [6.45, 7) is 0.00281. The maximum absolute atomic E-state index is 12.6. The monoisotopic (exact) mass is 350 g/mol. The number of hydrogen-bond donors (Lipinski definition) is 1. The first-order chi connectivity index (χ1) is 12.4. The van der Waals surface area contributed by atoms with Crippen LogP contribution in [-0.2, 0) is 13.6 Å². The van der Waals surface area contributed by atoms with Gasteiger partial charge < -0.3 is 5.73 Å². The molecule has 3 rings (SSSR count). The van der Waals surface area contributed by atoms with E-state index < -0.39 is 16.9 Å². The molecule has 0 aliphatic heterocycles. The Morgan fingerprint density at radius 2 is 1.92 bits per heavy atom.